The summed E-state index contributed by atoms with van der Waals surface area (Å²) in [4.78, 5) is 4.57. The third kappa shape index (κ3) is 3.31. The summed E-state index contributed by atoms with van der Waals surface area (Å²) < 4.78 is 6.07. The van der Waals surface area contributed by atoms with E-state index in [9.17, 15) is 0 Å². The van der Waals surface area contributed by atoms with E-state index in [1.165, 1.54) is 11.1 Å². The fourth-order valence-electron chi connectivity index (χ4n) is 3.61. The van der Waals surface area contributed by atoms with Gasteiger partial charge in [-0.3, -0.25) is 4.98 Å². The van der Waals surface area contributed by atoms with Crippen LogP contribution in [-0.2, 0) is 6.61 Å². The van der Waals surface area contributed by atoms with Crippen LogP contribution in [0.3, 0.4) is 0 Å². The fourth-order valence-corrected chi connectivity index (χ4v) is 3.77. The molecule has 0 radical (unpaired) electrons. The Morgan fingerprint density at radius 3 is 2.81 bits per heavy atom. The van der Waals surface area contributed by atoms with E-state index in [0.29, 0.717) is 11.6 Å². The summed E-state index contributed by atoms with van der Waals surface area (Å²) in [6.07, 6.45) is 2.70. The number of rotatable bonds is 3. The smallest absolute Gasteiger partial charge is 0.131 e. The molecule has 1 aliphatic rings. The first-order chi connectivity index (χ1) is 13.2. The number of ether oxygens (including phenoxy) is 1. The maximum Gasteiger partial charge on any atom is 0.131 e. The van der Waals surface area contributed by atoms with Crippen molar-refractivity contribution < 1.29 is 4.74 Å². The minimum absolute atomic E-state index is 0.431. The highest BCUT2D eigenvalue weighted by molar-refractivity contribution is 6.30. The number of anilines is 1. The number of allylic oxidation sites excluding steroid dienone is 1. The lowest BCUT2D eigenvalue weighted by Gasteiger charge is -2.17. The van der Waals surface area contributed by atoms with Gasteiger partial charge >= 0.3 is 0 Å². The van der Waals surface area contributed by atoms with Gasteiger partial charge < -0.3 is 10.1 Å². The second-order valence-electron chi connectivity index (χ2n) is 6.46. The number of nitrogens with zero attached hydrogens (tertiary/aromatic N) is 1. The Morgan fingerprint density at radius 2 is 2.00 bits per heavy atom. The minimum Gasteiger partial charge on any atom is -0.487 e. The maximum atomic E-state index is 6.24. The molecule has 0 aliphatic carbocycles. The summed E-state index contributed by atoms with van der Waals surface area (Å²) in [5.41, 5.74) is 7.82. The first kappa shape index (κ1) is 17.6. The SMILES string of the molecule is CC/C(=C1\c2ccc(Cl)cc2OCc2ncccc21)c1cccc(NC)c1. The zero-order valence-corrected chi connectivity index (χ0v) is 16.2. The van der Waals surface area contributed by atoms with Crippen molar-refractivity contribution in [2.75, 3.05) is 12.4 Å². The van der Waals surface area contributed by atoms with Gasteiger partial charge in [0, 0.05) is 35.1 Å². The van der Waals surface area contributed by atoms with Crippen LogP contribution in [0.5, 0.6) is 5.75 Å². The predicted octanol–water partition coefficient (Wildman–Crippen LogP) is 6.04. The van der Waals surface area contributed by atoms with E-state index in [1.54, 1.807) is 0 Å². The lowest BCUT2D eigenvalue weighted by Crippen LogP contribution is -2.00. The van der Waals surface area contributed by atoms with Crippen LogP contribution < -0.4 is 10.1 Å². The van der Waals surface area contributed by atoms with E-state index in [1.807, 2.05) is 37.5 Å². The molecular formula is C23H21ClN2O. The third-order valence-electron chi connectivity index (χ3n) is 4.89. The molecule has 4 rings (SSSR count). The molecule has 0 atom stereocenters. The quantitative estimate of drug-likeness (QED) is 0.605. The Labute approximate surface area is 164 Å². The van der Waals surface area contributed by atoms with Gasteiger partial charge in [-0.1, -0.05) is 36.7 Å². The van der Waals surface area contributed by atoms with Gasteiger partial charge in [0.15, 0.2) is 0 Å². The van der Waals surface area contributed by atoms with Gasteiger partial charge in [-0.2, -0.15) is 0 Å². The molecule has 1 aliphatic heterocycles. The number of benzene rings is 2. The molecule has 0 spiro atoms. The molecule has 27 heavy (non-hydrogen) atoms. The molecular weight excluding hydrogens is 356 g/mol. The minimum atomic E-state index is 0.431. The monoisotopic (exact) mass is 376 g/mol. The third-order valence-corrected chi connectivity index (χ3v) is 5.13. The Morgan fingerprint density at radius 1 is 1.11 bits per heavy atom. The van der Waals surface area contributed by atoms with Crippen molar-refractivity contribution in [3.63, 3.8) is 0 Å². The highest BCUT2D eigenvalue weighted by Crippen LogP contribution is 2.42. The van der Waals surface area contributed by atoms with E-state index < -0.39 is 0 Å². The Bertz CT molecular complexity index is 1030. The van der Waals surface area contributed by atoms with Crippen LogP contribution >= 0.6 is 11.6 Å². The van der Waals surface area contributed by atoms with Crippen LogP contribution in [0.15, 0.2) is 60.8 Å². The number of fused-ring (bicyclic) bond motifs is 2. The van der Waals surface area contributed by atoms with Gasteiger partial charge in [0.05, 0.1) is 5.69 Å². The largest absolute Gasteiger partial charge is 0.487 e. The lowest BCUT2D eigenvalue weighted by atomic mass is 9.87. The number of hydrogen-bond donors (Lipinski definition) is 1. The summed E-state index contributed by atoms with van der Waals surface area (Å²) >= 11 is 6.24. The number of nitrogens with one attached hydrogen (secondary N) is 1. The molecule has 0 saturated heterocycles. The summed E-state index contributed by atoms with van der Waals surface area (Å²) in [5, 5.41) is 3.90. The molecule has 2 heterocycles. The molecule has 1 aromatic heterocycles. The second kappa shape index (κ2) is 7.45. The standard InChI is InChI=1S/C23H21ClN2O/c1-3-18(15-6-4-7-17(12-15)25-2)23-19-8-5-11-26-21(19)14-27-22-13-16(24)9-10-20(22)23/h4-13,25H,3,14H2,1-2H3/b23-18+. The molecule has 0 unspecified atom stereocenters. The van der Waals surface area contributed by atoms with Crippen molar-refractivity contribution in [3.05, 3.63) is 88.2 Å². The van der Waals surface area contributed by atoms with Crippen molar-refractivity contribution >= 4 is 28.4 Å². The molecule has 1 N–H and O–H groups in total. The average molecular weight is 377 g/mol. The van der Waals surface area contributed by atoms with Gasteiger partial charge in [0.25, 0.3) is 0 Å². The highest BCUT2D eigenvalue weighted by Gasteiger charge is 2.23. The zero-order valence-electron chi connectivity index (χ0n) is 15.4. The van der Waals surface area contributed by atoms with Crippen LogP contribution in [0.4, 0.5) is 5.69 Å². The summed E-state index contributed by atoms with van der Waals surface area (Å²) in [6.45, 7) is 2.62. The number of pyridine rings is 1. The van der Waals surface area contributed by atoms with Gasteiger partial charge in [-0.05, 0) is 59.5 Å². The van der Waals surface area contributed by atoms with E-state index in [0.717, 1.165) is 40.3 Å². The molecule has 0 amide bonds. The molecule has 0 saturated carbocycles. The maximum absolute atomic E-state index is 6.24. The van der Waals surface area contributed by atoms with Crippen LogP contribution in [0.2, 0.25) is 5.02 Å². The fraction of sp³-hybridized carbons (Fsp3) is 0.174. The summed E-state index contributed by atoms with van der Waals surface area (Å²) in [6, 6.07) is 18.5. The van der Waals surface area contributed by atoms with Crippen LogP contribution in [0.1, 0.15) is 35.7 Å². The van der Waals surface area contributed by atoms with E-state index >= 15 is 0 Å². The molecule has 136 valence electrons. The second-order valence-corrected chi connectivity index (χ2v) is 6.90. The van der Waals surface area contributed by atoms with Crippen LogP contribution in [0, 0.1) is 0 Å². The number of hydrogen-bond acceptors (Lipinski definition) is 3. The summed E-state index contributed by atoms with van der Waals surface area (Å²) in [5.74, 6) is 0.797. The lowest BCUT2D eigenvalue weighted by molar-refractivity contribution is 0.302. The van der Waals surface area contributed by atoms with E-state index in [4.69, 9.17) is 16.3 Å². The average Bonchev–Trinajstić information content (AvgIpc) is 2.86. The molecule has 3 nitrogen and oxygen atoms in total. The van der Waals surface area contributed by atoms with Crippen molar-refractivity contribution in [2.24, 2.45) is 0 Å². The predicted molar refractivity (Wildman–Crippen MR) is 112 cm³/mol. The Kier molecular flexibility index (Phi) is 4.87. The first-order valence-corrected chi connectivity index (χ1v) is 9.47. The molecule has 2 aromatic carbocycles. The van der Waals surface area contributed by atoms with Crippen molar-refractivity contribution in [1.82, 2.24) is 4.98 Å². The van der Waals surface area contributed by atoms with Gasteiger partial charge in [0.1, 0.15) is 12.4 Å². The Hall–Kier alpha value is -2.78. The van der Waals surface area contributed by atoms with Crippen molar-refractivity contribution in [2.45, 2.75) is 20.0 Å². The van der Waals surface area contributed by atoms with Crippen molar-refractivity contribution in [1.29, 1.82) is 0 Å². The molecule has 0 bridgehead atoms. The van der Waals surface area contributed by atoms with Crippen molar-refractivity contribution in [3.8, 4) is 5.75 Å². The zero-order chi connectivity index (χ0) is 18.8. The summed E-state index contributed by atoms with van der Waals surface area (Å²) in [7, 11) is 1.94. The van der Waals surface area contributed by atoms with Gasteiger partial charge in [0.2, 0.25) is 0 Å². The van der Waals surface area contributed by atoms with E-state index in [-0.39, 0.29) is 0 Å². The molecule has 0 fully saturated rings. The van der Waals surface area contributed by atoms with Crippen LogP contribution in [-0.4, -0.2) is 12.0 Å². The first-order valence-electron chi connectivity index (χ1n) is 9.09. The normalized spacial score (nSPS) is 14.5. The van der Waals surface area contributed by atoms with Gasteiger partial charge in [-0.25, -0.2) is 0 Å². The topological polar surface area (TPSA) is 34.1 Å². The van der Waals surface area contributed by atoms with Gasteiger partial charge in [-0.15, -0.1) is 0 Å². The number of aromatic nitrogens is 1. The van der Waals surface area contributed by atoms with E-state index in [2.05, 4.69) is 47.6 Å². The Balaban J connectivity index is 2.05. The molecule has 3 aromatic rings. The van der Waals surface area contributed by atoms with Crippen LogP contribution in [0.25, 0.3) is 11.1 Å². The molecule has 4 heteroatoms. The highest BCUT2D eigenvalue weighted by atomic mass is 35.5. The number of halogens is 1.